The molecule has 50 heavy (non-hydrogen) atoms. The Kier molecular flexibility index (Phi) is 10.8. The van der Waals surface area contributed by atoms with Crippen LogP contribution in [0.5, 0.6) is 0 Å². The van der Waals surface area contributed by atoms with Gasteiger partial charge in [-0.3, -0.25) is 4.79 Å². The Morgan fingerprint density at radius 2 is 1.48 bits per heavy atom. The molecule has 0 saturated carbocycles. The molecule has 258 valence electrons. The number of hydrogen-bond donors (Lipinski definition) is 2. The molecule has 1 fully saturated rings. The van der Waals surface area contributed by atoms with Crippen LogP contribution in [0.3, 0.4) is 0 Å². The van der Waals surface area contributed by atoms with Crippen molar-refractivity contribution < 1.29 is 46.1 Å². The minimum absolute atomic E-state index is 0.0780. The SMILES string of the molecule is O=C(NCc1cccc(-c2ccc(C3OC(CSc4cccc[n+]4[O-])CC(c4ccc(CO)cc4)O3)cc2)c1)c1c(F)c(F)c(F)c(F)c1F. The number of halogens is 5. The number of nitrogens with zero attached hydrogens (tertiary/aromatic N) is 1. The van der Waals surface area contributed by atoms with Gasteiger partial charge in [0, 0.05) is 36.4 Å². The van der Waals surface area contributed by atoms with Crippen molar-refractivity contribution in [3.05, 3.63) is 159 Å². The third-order valence-corrected chi connectivity index (χ3v) is 9.30. The predicted octanol–water partition coefficient (Wildman–Crippen LogP) is 7.44. The van der Waals surface area contributed by atoms with Gasteiger partial charge in [-0.15, -0.1) is 0 Å². The molecule has 0 spiro atoms. The minimum atomic E-state index is -2.34. The Morgan fingerprint density at radius 1 is 0.800 bits per heavy atom. The van der Waals surface area contributed by atoms with Crippen LogP contribution in [0, 0.1) is 34.3 Å². The number of benzene rings is 4. The summed E-state index contributed by atoms with van der Waals surface area (Å²) in [5, 5.41) is 24.4. The molecule has 1 saturated heterocycles. The molecule has 6 rings (SSSR count). The lowest BCUT2D eigenvalue weighted by Crippen LogP contribution is -2.32. The number of carbonyl (C=O) groups excluding carboxylic acids is 1. The Balaban J connectivity index is 1.16. The van der Waals surface area contributed by atoms with E-state index in [0.717, 1.165) is 32.5 Å². The van der Waals surface area contributed by atoms with Crippen LogP contribution in [0.25, 0.3) is 11.1 Å². The number of pyridine rings is 1. The van der Waals surface area contributed by atoms with Crippen molar-refractivity contribution in [1.29, 1.82) is 0 Å². The fourth-order valence-corrected chi connectivity index (χ4v) is 6.43. The number of nitrogens with one attached hydrogen (secondary N) is 1. The molecule has 2 heterocycles. The molecule has 7 nitrogen and oxygen atoms in total. The van der Waals surface area contributed by atoms with Crippen LogP contribution in [-0.4, -0.2) is 22.9 Å². The number of ether oxygens (including phenoxy) is 2. The number of aliphatic hydroxyl groups is 1. The lowest BCUT2D eigenvalue weighted by molar-refractivity contribution is -0.645. The second kappa shape index (κ2) is 15.4. The van der Waals surface area contributed by atoms with E-state index in [1.165, 1.54) is 18.0 Å². The summed E-state index contributed by atoms with van der Waals surface area (Å²) in [4.78, 5) is 12.4. The molecule has 0 bridgehead atoms. The van der Waals surface area contributed by atoms with E-state index >= 15 is 0 Å². The molecule has 1 aliphatic rings. The summed E-state index contributed by atoms with van der Waals surface area (Å²) in [6.07, 6.45) is 0.663. The van der Waals surface area contributed by atoms with Crippen molar-refractivity contribution in [1.82, 2.24) is 5.32 Å². The zero-order valence-electron chi connectivity index (χ0n) is 26.1. The molecule has 0 aliphatic carbocycles. The highest BCUT2D eigenvalue weighted by molar-refractivity contribution is 7.99. The zero-order chi connectivity index (χ0) is 35.4. The lowest BCUT2D eigenvalue weighted by Gasteiger charge is -2.36. The quantitative estimate of drug-likeness (QED) is 0.0391. The van der Waals surface area contributed by atoms with Crippen LogP contribution in [0.1, 0.15) is 51.4 Å². The second-order valence-corrected chi connectivity index (χ2v) is 12.5. The van der Waals surface area contributed by atoms with E-state index in [4.69, 9.17) is 9.47 Å². The van der Waals surface area contributed by atoms with Gasteiger partial charge in [0.2, 0.25) is 5.82 Å². The van der Waals surface area contributed by atoms with Gasteiger partial charge in [0.05, 0.1) is 18.8 Å². The maximum Gasteiger partial charge on any atom is 0.257 e. The first-order valence-corrected chi connectivity index (χ1v) is 16.4. The number of rotatable bonds is 10. The van der Waals surface area contributed by atoms with E-state index < -0.39 is 46.8 Å². The van der Waals surface area contributed by atoms with Gasteiger partial charge in [-0.1, -0.05) is 78.5 Å². The molecule has 5 aromatic rings. The van der Waals surface area contributed by atoms with E-state index in [1.54, 1.807) is 36.4 Å². The van der Waals surface area contributed by atoms with Crippen LogP contribution >= 0.6 is 11.8 Å². The highest BCUT2D eigenvalue weighted by Crippen LogP contribution is 2.39. The van der Waals surface area contributed by atoms with Crippen LogP contribution in [0.4, 0.5) is 22.0 Å². The van der Waals surface area contributed by atoms with Crippen LogP contribution in [0.2, 0.25) is 0 Å². The molecule has 1 aromatic heterocycles. The lowest BCUT2D eigenvalue weighted by atomic mass is 9.99. The van der Waals surface area contributed by atoms with Crippen molar-refractivity contribution in [3.8, 4) is 11.1 Å². The maximum absolute atomic E-state index is 14.1. The van der Waals surface area contributed by atoms with Crippen molar-refractivity contribution in [2.75, 3.05) is 5.75 Å². The van der Waals surface area contributed by atoms with E-state index in [-0.39, 0.29) is 25.4 Å². The molecule has 3 atom stereocenters. The van der Waals surface area contributed by atoms with Crippen LogP contribution < -0.4 is 10.0 Å². The van der Waals surface area contributed by atoms with Gasteiger partial charge in [-0.05, 0) is 39.9 Å². The molecule has 0 radical (unpaired) electrons. The summed E-state index contributed by atoms with van der Waals surface area (Å²) < 4.78 is 82.3. The maximum atomic E-state index is 14.1. The minimum Gasteiger partial charge on any atom is -0.618 e. The molecule has 4 aromatic carbocycles. The van der Waals surface area contributed by atoms with E-state index in [9.17, 15) is 37.1 Å². The number of aromatic nitrogens is 1. The predicted molar refractivity (Wildman–Crippen MR) is 174 cm³/mol. The van der Waals surface area contributed by atoms with Gasteiger partial charge < -0.3 is 25.1 Å². The average Bonchev–Trinajstić information content (AvgIpc) is 3.15. The van der Waals surface area contributed by atoms with E-state index in [2.05, 4.69) is 5.32 Å². The van der Waals surface area contributed by atoms with Crippen molar-refractivity contribution in [3.63, 3.8) is 0 Å². The van der Waals surface area contributed by atoms with E-state index in [1.807, 2.05) is 54.6 Å². The topological polar surface area (TPSA) is 94.7 Å². The molecule has 3 unspecified atom stereocenters. The number of thioether (sulfide) groups is 1. The molecule has 1 amide bonds. The highest BCUT2D eigenvalue weighted by atomic mass is 32.2. The monoisotopic (exact) mass is 708 g/mol. The highest BCUT2D eigenvalue weighted by Gasteiger charge is 2.33. The Bertz CT molecular complexity index is 1970. The molecule has 2 N–H and O–H groups in total. The Labute approximate surface area is 287 Å². The molecular weight excluding hydrogens is 679 g/mol. The normalized spacial score (nSPS) is 17.4. The van der Waals surface area contributed by atoms with Crippen LogP contribution in [0.15, 0.2) is 102 Å². The van der Waals surface area contributed by atoms with Crippen LogP contribution in [-0.2, 0) is 22.6 Å². The number of aliphatic hydroxyl groups excluding tert-OH is 1. The summed E-state index contributed by atoms with van der Waals surface area (Å²) in [5.74, 6) is -12.1. The van der Waals surface area contributed by atoms with E-state index in [0.29, 0.717) is 22.8 Å². The summed E-state index contributed by atoms with van der Waals surface area (Å²) in [7, 11) is 0. The third kappa shape index (κ3) is 7.65. The van der Waals surface area contributed by atoms with Crippen molar-refractivity contribution >= 4 is 17.7 Å². The average molecular weight is 709 g/mol. The van der Waals surface area contributed by atoms with Gasteiger partial charge in [0.25, 0.3) is 10.9 Å². The first-order chi connectivity index (χ1) is 24.1. The fraction of sp³-hybridized carbons (Fsp3) is 0.189. The van der Waals surface area contributed by atoms with Gasteiger partial charge in [0.15, 0.2) is 35.8 Å². The van der Waals surface area contributed by atoms with Gasteiger partial charge >= 0.3 is 0 Å². The summed E-state index contributed by atoms with van der Waals surface area (Å²) in [6, 6.07) is 27.0. The summed E-state index contributed by atoms with van der Waals surface area (Å²) in [6.45, 7) is -0.325. The smallest absolute Gasteiger partial charge is 0.257 e. The zero-order valence-corrected chi connectivity index (χ0v) is 26.9. The van der Waals surface area contributed by atoms with Gasteiger partial charge in [-0.2, -0.15) is 4.73 Å². The number of hydrogen-bond acceptors (Lipinski definition) is 6. The van der Waals surface area contributed by atoms with Crippen molar-refractivity contribution in [2.45, 2.75) is 43.1 Å². The van der Waals surface area contributed by atoms with Gasteiger partial charge in [-0.25, -0.2) is 22.0 Å². The fourth-order valence-electron chi connectivity index (χ4n) is 5.49. The third-order valence-electron chi connectivity index (χ3n) is 8.15. The molecule has 13 heteroatoms. The number of carbonyl (C=O) groups is 1. The van der Waals surface area contributed by atoms with Crippen molar-refractivity contribution in [2.24, 2.45) is 0 Å². The number of amides is 1. The Morgan fingerprint density at radius 3 is 2.16 bits per heavy atom. The second-order valence-electron chi connectivity index (χ2n) is 11.5. The first kappa shape index (κ1) is 35.0. The largest absolute Gasteiger partial charge is 0.618 e. The first-order valence-electron chi connectivity index (χ1n) is 15.4. The summed E-state index contributed by atoms with van der Waals surface area (Å²) >= 11 is 1.39. The summed E-state index contributed by atoms with van der Waals surface area (Å²) in [5.41, 5.74) is 2.91. The molecular formula is C37H29F5N2O5S. The molecule has 1 aliphatic heterocycles. The van der Waals surface area contributed by atoms with Gasteiger partial charge in [0.1, 0.15) is 5.56 Å². The standard InChI is InChI=1S/C37H29F5N2O5S/c38-31-30(32(39)34(41)35(42)33(31)40)36(46)43-18-22-4-3-5-26(16-22)23-11-13-25(14-12-23)37-48-27(20-50-29-6-1-2-15-44(29)47)17-28(49-37)24-9-7-21(19-45)8-10-24/h1-16,27-28,37,45H,17-20H2,(H,43,46). The Hall–Kier alpha value is -4.82.